The van der Waals surface area contributed by atoms with Crippen molar-refractivity contribution in [2.24, 2.45) is 11.7 Å². The normalized spacial score (nSPS) is 15.1. The topological polar surface area (TPSA) is 204 Å². The van der Waals surface area contributed by atoms with Crippen LogP contribution in [-0.4, -0.2) is 74.8 Å². The highest BCUT2D eigenvalue weighted by atomic mass is 32.1. The van der Waals surface area contributed by atoms with Crippen molar-refractivity contribution in [2.75, 3.05) is 5.75 Å². The maximum atomic E-state index is 13.1. The Morgan fingerprint density at radius 1 is 1.00 bits per heavy atom. The summed E-state index contributed by atoms with van der Waals surface area (Å²) in [7, 11) is 0. The van der Waals surface area contributed by atoms with E-state index >= 15 is 0 Å². The number of benzene rings is 1. The van der Waals surface area contributed by atoms with Crippen LogP contribution in [0.3, 0.4) is 0 Å². The quantitative estimate of drug-likeness (QED) is 0.146. The molecule has 1 heterocycles. The largest absolute Gasteiger partial charge is 0.481 e. The van der Waals surface area contributed by atoms with E-state index in [0.29, 0.717) is 6.42 Å². The van der Waals surface area contributed by atoms with Crippen LogP contribution in [0.1, 0.15) is 38.7 Å². The lowest BCUT2D eigenvalue weighted by atomic mass is 9.97. The molecule has 8 N–H and O–H groups in total. The molecule has 0 saturated carbocycles. The smallest absolute Gasteiger partial charge is 0.326 e. The number of rotatable bonds is 15. The Balaban J connectivity index is 2.07. The molecule has 5 unspecified atom stereocenters. The van der Waals surface area contributed by atoms with E-state index in [2.05, 4.69) is 33.6 Å². The molecule has 12 nitrogen and oxygen atoms in total. The highest BCUT2D eigenvalue weighted by Gasteiger charge is 2.32. The third kappa shape index (κ3) is 8.48. The number of amides is 3. The lowest BCUT2D eigenvalue weighted by Gasteiger charge is -2.27. The number of thiol groups is 1. The Kier molecular flexibility index (Phi) is 11.6. The number of nitrogens with two attached hydrogens (primary N) is 1. The van der Waals surface area contributed by atoms with Crippen LogP contribution in [0.4, 0.5) is 0 Å². The van der Waals surface area contributed by atoms with Crippen molar-refractivity contribution in [3.8, 4) is 0 Å². The monoisotopic (exact) mass is 549 g/mol. The summed E-state index contributed by atoms with van der Waals surface area (Å²) in [4.78, 5) is 64.0. The van der Waals surface area contributed by atoms with E-state index in [1.165, 1.54) is 0 Å². The molecule has 208 valence electrons. The molecule has 2 aromatic rings. The fraction of sp³-hybridized carbons (Fsp3) is 0.480. The molecule has 2 rings (SSSR count). The molecule has 0 aliphatic carbocycles. The number of hydrogen-bond donors (Lipinski definition) is 8. The van der Waals surface area contributed by atoms with E-state index in [4.69, 9.17) is 10.8 Å². The van der Waals surface area contributed by atoms with E-state index < -0.39 is 60.2 Å². The van der Waals surface area contributed by atoms with Gasteiger partial charge in [0.05, 0.1) is 6.04 Å². The molecule has 0 aliphatic rings. The number of nitrogens with one attached hydrogen (secondary N) is 4. The second-order valence-electron chi connectivity index (χ2n) is 9.12. The lowest BCUT2D eigenvalue weighted by molar-refractivity contribution is -0.143. The SMILES string of the molecule is CCC(C)C(NC(=O)C(N)Cc1c[nH]c2ccccc12)C(=O)NC(CS)C(=O)NC(CCC(=O)O)C(=O)O. The second-order valence-corrected chi connectivity index (χ2v) is 9.48. The van der Waals surface area contributed by atoms with Crippen molar-refractivity contribution >= 4 is 53.2 Å². The van der Waals surface area contributed by atoms with Gasteiger partial charge in [0.25, 0.3) is 0 Å². The minimum absolute atomic E-state index is 0.163. The van der Waals surface area contributed by atoms with Gasteiger partial charge in [0.15, 0.2) is 0 Å². The number of para-hydroxylation sites is 1. The van der Waals surface area contributed by atoms with Crippen molar-refractivity contribution in [1.29, 1.82) is 0 Å². The van der Waals surface area contributed by atoms with Gasteiger partial charge in [0.1, 0.15) is 18.1 Å². The maximum absolute atomic E-state index is 13.1. The summed E-state index contributed by atoms with van der Waals surface area (Å²) in [5.41, 5.74) is 7.94. The fourth-order valence-electron chi connectivity index (χ4n) is 3.85. The predicted molar refractivity (Wildman–Crippen MR) is 144 cm³/mol. The summed E-state index contributed by atoms with van der Waals surface area (Å²) in [6.45, 7) is 3.60. The van der Waals surface area contributed by atoms with Crippen LogP contribution in [-0.2, 0) is 30.4 Å². The molecule has 38 heavy (non-hydrogen) atoms. The first kappa shape index (κ1) is 30.6. The van der Waals surface area contributed by atoms with Gasteiger partial charge in [-0.15, -0.1) is 0 Å². The number of fused-ring (bicyclic) bond motifs is 1. The molecule has 0 bridgehead atoms. The Morgan fingerprint density at radius 2 is 1.66 bits per heavy atom. The lowest BCUT2D eigenvalue weighted by Crippen LogP contribution is -2.59. The summed E-state index contributed by atoms with van der Waals surface area (Å²) in [6, 6.07) is 2.97. The Bertz CT molecular complexity index is 1150. The van der Waals surface area contributed by atoms with Gasteiger partial charge in [-0.2, -0.15) is 12.6 Å². The van der Waals surface area contributed by atoms with Crippen molar-refractivity contribution in [3.05, 3.63) is 36.0 Å². The number of hydrogen-bond acceptors (Lipinski definition) is 7. The van der Waals surface area contributed by atoms with Crippen LogP contribution >= 0.6 is 12.6 Å². The summed E-state index contributed by atoms with van der Waals surface area (Å²) in [5, 5.41) is 26.5. The van der Waals surface area contributed by atoms with E-state index in [0.717, 1.165) is 16.5 Å². The van der Waals surface area contributed by atoms with Crippen LogP contribution in [0.2, 0.25) is 0 Å². The van der Waals surface area contributed by atoms with E-state index in [9.17, 15) is 29.1 Å². The van der Waals surface area contributed by atoms with Crippen LogP contribution in [0.25, 0.3) is 10.9 Å². The van der Waals surface area contributed by atoms with Gasteiger partial charge in [-0.3, -0.25) is 19.2 Å². The molecule has 0 spiro atoms. The summed E-state index contributed by atoms with van der Waals surface area (Å²) < 4.78 is 0. The molecule has 1 aromatic heterocycles. The van der Waals surface area contributed by atoms with Crippen molar-refractivity contribution in [2.45, 2.75) is 63.7 Å². The fourth-order valence-corrected chi connectivity index (χ4v) is 4.10. The number of carbonyl (C=O) groups excluding carboxylic acids is 3. The Morgan fingerprint density at radius 3 is 2.26 bits per heavy atom. The average molecular weight is 550 g/mol. The number of aromatic amines is 1. The van der Waals surface area contributed by atoms with Gasteiger partial charge < -0.3 is 36.9 Å². The zero-order valence-electron chi connectivity index (χ0n) is 21.3. The predicted octanol–water partition coefficient (Wildman–Crippen LogP) is 0.417. The van der Waals surface area contributed by atoms with Gasteiger partial charge in [0.2, 0.25) is 17.7 Å². The molecule has 0 saturated heterocycles. The van der Waals surface area contributed by atoms with Crippen molar-refractivity contribution in [3.63, 3.8) is 0 Å². The van der Waals surface area contributed by atoms with Gasteiger partial charge >= 0.3 is 11.9 Å². The third-order valence-electron chi connectivity index (χ3n) is 6.32. The van der Waals surface area contributed by atoms with Crippen LogP contribution in [0, 0.1) is 5.92 Å². The van der Waals surface area contributed by atoms with Crippen LogP contribution < -0.4 is 21.7 Å². The third-order valence-corrected chi connectivity index (χ3v) is 6.69. The number of aliphatic carboxylic acids is 2. The number of carboxylic acid groups (broad SMARTS) is 2. The van der Waals surface area contributed by atoms with Gasteiger partial charge in [0, 0.05) is 29.3 Å². The van der Waals surface area contributed by atoms with E-state index in [-0.39, 0.29) is 24.5 Å². The molecule has 0 radical (unpaired) electrons. The standard InChI is InChI=1S/C25H35N5O7S/c1-3-13(2)21(30-22(33)16(26)10-14-11-27-17-7-5-4-6-15(14)17)24(35)29-19(12-38)23(34)28-18(25(36)37)8-9-20(31)32/h4-7,11,13,16,18-19,21,27,38H,3,8-10,12,26H2,1-2H3,(H,28,34)(H,29,35)(H,30,33)(H,31,32)(H,36,37). The Labute approximate surface area is 225 Å². The number of carbonyl (C=O) groups is 5. The maximum Gasteiger partial charge on any atom is 0.326 e. The van der Waals surface area contributed by atoms with E-state index in [1.54, 1.807) is 13.1 Å². The molecule has 5 atom stereocenters. The summed E-state index contributed by atoms with van der Waals surface area (Å²) in [5.74, 6) is -5.12. The minimum atomic E-state index is -1.45. The molecule has 1 aromatic carbocycles. The zero-order chi connectivity index (χ0) is 28.4. The Hall–Kier alpha value is -3.58. The first-order valence-electron chi connectivity index (χ1n) is 12.3. The van der Waals surface area contributed by atoms with E-state index in [1.807, 2.05) is 31.2 Å². The number of carboxylic acids is 2. The van der Waals surface area contributed by atoms with Crippen LogP contribution in [0.15, 0.2) is 30.5 Å². The molecule has 3 amide bonds. The molecular formula is C25H35N5O7S. The zero-order valence-corrected chi connectivity index (χ0v) is 22.2. The first-order valence-corrected chi connectivity index (χ1v) is 12.9. The van der Waals surface area contributed by atoms with Crippen molar-refractivity contribution < 1.29 is 34.2 Å². The van der Waals surface area contributed by atoms with Gasteiger partial charge in [-0.25, -0.2) is 4.79 Å². The highest BCUT2D eigenvalue weighted by molar-refractivity contribution is 7.80. The summed E-state index contributed by atoms with van der Waals surface area (Å²) in [6.07, 6.45) is 1.76. The molecule has 0 aliphatic heterocycles. The van der Waals surface area contributed by atoms with Gasteiger partial charge in [-0.1, -0.05) is 38.5 Å². The number of H-pyrrole nitrogens is 1. The molecule has 13 heteroatoms. The molecular weight excluding hydrogens is 514 g/mol. The summed E-state index contributed by atoms with van der Waals surface area (Å²) >= 11 is 4.09. The minimum Gasteiger partial charge on any atom is -0.481 e. The van der Waals surface area contributed by atoms with Crippen LogP contribution in [0.5, 0.6) is 0 Å². The number of aromatic nitrogens is 1. The highest BCUT2D eigenvalue weighted by Crippen LogP contribution is 2.19. The van der Waals surface area contributed by atoms with Gasteiger partial charge in [-0.05, 0) is 30.4 Å². The second kappa shape index (κ2) is 14.4. The molecule has 0 fully saturated rings. The average Bonchev–Trinajstić information content (AvgIpc) is 3.29. The van der Waals surface area contributed by atoms with Crippen molar-refractivity contribution in [1.82, 2.24) is 20.9 Å². The first-order chi connectivity index (χ1) is 18.0.